The molecule has 2 heterocycles. The third-order valence-electron chi connectivity index (χ3n) is 3.22. The number of fused-ring (bicyclic) bond motifs is 1. The first kappa shape index (κ1) is 15.8. The Morgan fingerprint density at radius 3 is 2.79 bits per heavy atom. The van der Waals surface area contributed by atoms with Gasteiger partial charge >= 0.3 is 0 Å². The Kier molecular flexibility index (Phi) is 4.62. The second-order valence-electron chi connectivity index (χ2n) is 4.95. The maximum Gasteiger partial charge on any atom is 0.271 e. The van der Waals surface area contributed by atoms with Crippen LogP contribution in [0.1, 0.15) is 21.1 Å². The fourth-order valence-electron chi connectivity index (χ4n) is 2.13. The lowest BCUT2D eigenvalue weighted by Crippen LogP contribution is -2.40. The molecule has 7 heteroatoms. The highest BCUT2D eigenvalue weighted by Crippen LogP contribution is 2.15. The molecule has 0 aliphatic rings. The molecule has 3 rings (SSSR count). The molecule has 2 amide bonds. The van der Waals surface area contributed by atoms with Gasteiger partial charge in [0.05, 0.1) is 21.8 Å². The minimum Gasteiger partial charge on any atom is -0.268 e. The Balaban J connectivity index is 1.64. The van der Waals surface area contributed by atoms with E-state index < -0.39 is 11.8 Å². The molecule has 2 N–H and O–H groups in total. The van der Waals surface area contributed by atoms with Gasteiger partial charge in [0.15, 0.2) is 0 Å². The summed E-state index contributed by atoms with van der Waals surface area (Å²) in [4.78, 5) is 32.4. The third-order valence-corrected chi connectivity index (χ3v) is 4.01. The average molecular weight is 338 g/mol. The summed E-state index contributed by atoms with van der Waals surface area (Å²) in [6.07, 6.45) is 4.52. The number of rotatable bonds is 3. The largest absolute Gasteiger partial charge is 0.271 e. The van der Waals surface area contributed by atoms with Crippen molar-refractivity contribution >= 4 is 40.1 Å². The molecule has 0 radical (unpaired) electrons. The molecule has 0 aliphatic carbocycles. The molecule has 6 nitrogen and oxygen atoms in total. The minimum absolute atomic E-state index is 0.396. The lowest BCUT2D eigenvalue weighted by atomic mass is 10.1. The first-order chi connectivity index (χ1) is 11.6. The zero-order valence-corrected chi connectivity index (χ0v) is 13.6. The van der Waals surface area contributed by atoms with Crippen LogP contribution in [-0.4, -0.2) is 21.8 Å². The highest BCUT2D eigenvalue weighted by molar-refractivity contribution is 7.09. The number of aromatic nitrogens is 2. The van der Waals surface area contributed by atoms with Crippen LogP contribution in [0.2, 0.25) is 0 Å². The van der Waals surface area contributed by atoms with Crippen LogP contribution in [0.15, 0.2) is 48.0 Å². The SMILES string of the molecule is Cc1nc(C=CC(=O)NNC(=O)c2cccc3cccnc23)cs1. The number of hydrazine groups is 1. The van der Waals surface area contributed by atoms with Crippen LogP contribution in [0.3, 0.4) is 0 Å². The van der Waals surface area contributed by atoms with Crippen LogP contribution in [-0.2, 0) is 4.79 Å². The zero-order chi connectivity index (χ0) is 16.9. The molecule has 0 aliphatic heterocycles. The van der Waals surface area contributed by atoms with Gasteiger partial charge in [0.25, 0.3) is 11.8 Å². The van der Waals surface area contributed by atoms with Crippen molar-refractivity contribution in [1.82, 2.24) is 20.8 Å². The van der Waals surface area contributed by atoms with E-state index in [-0.39, 0.29) is 0 Å². The minimum atomic E-state index is -0.442. The molecule has 0 atom stereocenters. The molecule has 24 heavy (non-hydrogen) atoms. The normalized spacial score (nSPS) is 10.9. The lowest BCUT2D eigenvalue weighted by Gasteiger charge is -2.07. The molecule has 0 bridgehead atoms. The van der Waals surface area contributed by atoms with E-state index in [1.54, 1.807) is 30.5 Å². The number of pyridine rings is 1. The number of nitrogens with one attached hydrogen (secondary N) is 2. The van der Waals surface area contributed by atoms with Crippen molar-refractivity contribution in [2.45, 2.75) is 6.92 Å². The number of carbonyl (C=O) groups is 2. The van der Waals surface area contributed by atoms with Gasteiger partial charge in [-0.15, -0.1) is 11.3 Å². The van der Waals surface area contributed by atoms with Gasteiger partial charge in [0.1, 0.15) is 0 Å². The molecule has 0 spiro atoms. The van der Waals surface area contributed by atoms with Gasteiger partial charge in [-0.05, 0) is 25.1 Å². The highest BCUT2D eigenvalue weighted by atomic mass is 32.1. The fraction of sp³-hybridized carbons (Fsp3) is 0.0588. The number of aryl methyl sites for hydroxylation is 1. The van der Waals surface area contributed by atoms with Crippen molar-refractivity contribution in [2.24, 2.45) is 0 Å². The predicted octanol–water partition coefficient (Wildman–Crippen LogP) is 2.47. The molecule has 1 aromatic carbocycles. The Labute approximate surface area is 142 Å². The molecule has 0 saturated carbocycles. The maximum atomic E-state index is 12.2. The second-order valence-corrected chi connectivity index (χ2v) is 6.01. The molecular formula is C17H14N4O2S. The summed E-state index contributed by atoms with van der Waals surface area (Å²) in [7, 11) is 0. The smallest absolute Gasteiger partial charge is 0.268 e. The van der Waals surface area contributed by atoms with Gasteiger partial charge < -0.3 is 0 Å². The summed E-state index contributed by atoms with van der Waals surface area (Å²) in [5.41, 5.74) is 6.42. The molecule has 0 saturated heterocycles. The molecule has 0 unspecified atom stereocenters. The van der Waals surface area contributed by atoms with Gasteiger partial charge in [-0.3, -0.25) is 25.4 Å². The average Bonchev–Trinajstić information content (AvgIpc) is 3.02. The van der Waals surface area contributed by atoms with Crippen LogP contribution < -0.4 is 10.9 Å². The van der Waals surface area contributed by atoms with Crippen LogP contribution in [0.25, 0.3) is 17.0 Å². The van der Waals surface area contributed by atoms with Crippen LogP contribution in [0.5, 0.6) is 0 Å². The van der Waals surface area contributed by atoms with Crippen LogP contribution in [0, 0.1) is 6.92 Å². The van der Waals surface area contributed by atoms with E-state index in [0.717, 1.165) is 10.4 Å². The standard InChI is InChI=1S/C17H14N4O2S/c1-11-19-13(10-24-11)7-8-15(22)20-21-17(23)14-6-2-4-12-5-3-9-18-16(12)14/h2-10H,1H3,(H,20,22)(H,21,23). The topological polar surface area (TPSA) is 84.0 Å². The number of para-hydroxylation sites is 1. The summed E-state index contributed by atoms with van der Waals surface area (Å²) in [5.74, 6) is -0.868. The number of thiazole rings is 1. The van der Waals surface area contributed by atoms with Crippen LogP contribution in [0.4, 0.5) is 0 Å². The van der Waals surface area contributed by atoms with Crippen molar-refractivity contribution in [3.63, 3.8) is 0 Å². The number of hydrogen-bond acceptors (Lipinski definition) is 5. The predicted molar refractivity (Wildman–Crippen MR) is 93.2 cm³/mol. The number of hydrogen-bond donors (Lipinski definition) is 2. The monoisotopic (exact) mass is 338 g/mol. The lowest BCUT2D eigenvalue weighted by molar-refractivity contribution is -0.117. The maximum absolute atomic E-state index is 12.2. The van der Waals surface area contributed by atoms with Gasteiger partial charge in [0.2, 0.25) is 0 Å². The molecule has 0 fully saturated rings. The van der Waals surface area contributed by atoms with Crippen molar-refractivity contribution in [1.29, 1.82) is 0 Å². The Hall–Kier alpha value is -3.06. The van der Waals surface area contributed by atoms with Crippen LogP contribution >= 0.6 is 11.3 Å². The summed E-state index contributed by atoms with van der Waals surface area (Å²) in [6, 6.07) is 8.97. The summed E-state index contributed by atoms with van der Waals surface area (Å²) in [5, 5.41) is 3.63. The first-order valence-electron chi connectivity index (χ1n) is 7.18. The van der Waals surface area contributed by atoms with Crippen molar-refractivity contribution in [3.05, 3.63) is 64.2 Å². The Morgan fingerprint density at radius 1 is 1.17 bits per heavy atom. The van der Waals surface area contributed by atoms with Crippen molar-refractivity contribution < 1.29 is 9.59 Å². The number of benzene rings is 1. The van der Waals surface area contributed by atoms with Gasteiger partial charge in [-0.1, -0.05) is 18.2 Å². The first-order valence-corrected chi connectivity index (χ1v) is 8.06. The van der Waals surface area contributed by atoms with E-state index in [0.29, 0.717) is 16.8 Å². The molecule has 2 aromatic heterocycles. The van der Waals surface area contributed by atoms with Crippen molar-refractivity contribution in [2.75, 3.05) is 0 Å². The zero-order valence-electron chi connectivity index (χ0n) is 12.8. The van der Waals surface area contributed by atoms with Gasteiger partial charge in [0, 0.05) is 23.0 Å². The van der Waals surface area contributed by atoms with E-state index in [4.69, 9.17) is 0 Å². The summed E-state index contributed by atoms with van der Waals surface area (Å²) >= 11 is 1.50. The van der Waals surface area contributed by atoms with Gasteiger partial charge in [-0.2, -0.15) is 0 Å². The van der Waals surface area contributed by atoms with E-state index in [1.165, 1.54) is 17.4 Å². The van der Waals surface area contributed by atoms with E-state index in [2.05, 4.69) is 20.8 Å². The molecule has 120 valence electrons. The Morgan fingerprint density at radius 2 is 2.00 bits per heavy atom. The molecular weight excluding hydrogens is 324 g/mol. The van der Waals surface area contributed by atoms with Crippen molar-refractivity contribution in [3.8, 4) is 0 Å². The Bertz CT molecular complexity index is 928. The second kappa shape index (κ2) is 7.01. The van der Waals surface area contributed by atoms with E-state index in [9.17, 15) is 9.59 Å². The van der Waals surface area contributed by atoms with E-state index >= 15 is 0 Å². The summed E-state index contributed by atoms with van der Waals surface area (Å²) < 4.78 is 0. The molecule has 3 aromatic rings. The third kappa shape index (κ3) is 3.64. The fourth-order valence-corrected chi connectivity index (χ4v) is 2.71. The highest BCUT2D eigenvalue weighted by Gasteiger charge is 2.10. The number of amides is 2. The number of nitrogens with zero attached hydrogens (tertiary/aromatic N) is 2. The number of carbonyl (C=O) groups excluding carboxylic acids is 2. The van der Waals surface area contributed by atoms with E-state index in [1.807, 2.05) is 24.4 Å². The quantitative estimate of drug-likeness (QED) is 0.568. The van der Waals surface area contributed by atoms with Gasteiger partial charge in [-0.25, -0.2) is 4.98 Å². The summed E-state index contributed by atoms with van der Waals surface area (Å²) in [6.45, 7) is 1.89.